The fourth-order valence-electron chi connectivity index (χ4n) is 2.81. The van der Waals surface area contributed by atoms with Crippen LogP contribution in [0.4, 0.5) is 0 Å². The first kappa shape index (κ1) is 16.3. The lowest BCUT2D eigenvalue weighted by molar-refractivity contribution is -0.121. The molecular formula is C19H22N2O3. The van der Waals surface area contributed by atoms with Crippen LogP contribution in [-0.2, 0) is 17.6 Å². The van der Waals surface area contributed by atoms with Crippen molar-refractivity contribution in [2.24, 2.45) is 5.92 Å². The quantitative estimate of drug-likeness (QED) is 0.885. The number of benzene rings is 1. The number of nitrogens with one attached hydrogen (secondary N) is 1. The highest BCUT2D eigenvalue weighted by atomic mass is 16.5. The van der Waals surface area contributed by atoms with Gasteiger partial charge >= 0.3 is 0 Å². The van der Waals surface area contributed by atoms with E-state index in [2.05, 4.69) is 10.3 Å². The van der Waals surface area contributed by atoms with Gasteiger partial charge in [0, 0.05) is 36.8 Å². The number of nitrogens with zero attached hydrogens (tertiary/aromatic N) is 1. The molecule has 1 amide bonds. The van der Waals surface area contributed by atoms with E-state index < -0.39 is 0 Å². The highest BCUT2D eigenvalue weighted by molar-refractivity contribution is 5.76. The van der Waals surface area contributed by atoms with E-state index in [0.717, 1.165) is 29.2 Å². The zero-order chi connectivity index (χ0) is 16.8. The average Bonchev–Trinajstić information content (AvgIpc) is 2.65. The van der Waals surface area contributed by atoms with Gasteiger partial charge in [0.2, 0.25) is 5.91 Å². The molecule has 1 aromatic heterocycles. The van der Waals surface area contributed by atoms with Crippen molar-refractivity contribution in [3.63, 3.8) is 0 Å². The van der Waals surface area contributed by atoms with Gasteiger partial charge in [-0.25, -0.2) is 0 Å². The number of amides is 1. The van der Waals surface area contributed by atoms with E-state index in [-0.39, 0.29) is 5.91 Å². The van der Waals surface area contributed by atoms with Crippen molar-refractivity contribution in [2.75, 3.05) is 20.3 Å². The van der Waals surface area contributed by atoms with E-state index in [1.165, 1.54) is 0 Å². The van der Waals surface area contributed by atoms with Crippen LogP contribution in [0.1, 0.15) is 17.7 Å². The number of hydrogen-bond donors (Lipinski definition) is 1. The van der Waals surface area contributed by atoms with Gasteiger partial charge in [0.05, 0.1) is 13.7 Å². The molecule has 1 atom stereocenters. The average molecular weight is 326 g/mol. The molecule has 5 heteroatoms. The molecule has 3 rings (SSSR count). The zero-order valence-electron chi connectivity index (χ0n) is 13.8. The van der Waals surface area contributed by atoms with Crippen molar-refractivity contribution < 1.29 is 14.3 Å². The lowest BCUT2D eigenvalue weighted by Gasteiger charge is -2.25. The van der Waals surface area contributed by atoms with Gasteiger partial charge in [-0.05, 0) is 36.6 Å². The third kappa shape index (κ3) is 4.25. The van der Waals surface area contributed by atoms with Gasteiger partial charge in [-0.3, -0.25) is 9.78 Å². The van der Waals surface area contributed by atoms with Gasteiger partial charge in [-0.2, -0.15) is 0 Å². The summed E-state index contributed by atoms with van der Waals surface area (Å²) in [5.74, 6) is 2.04. The molecule has 0 aliphatic carbocycles. The van der Waals surface area contributed by atoms with Gasteiger partial charge in [0.25, 0.3) is 0 Å². The topological polar surface area (TPSA) is 60.5 Å². The predicted octanol–water partition coefficient (Wildman–Crippen LogP) is 2.39. The molecule has 1 aromatic carbocycles. The summed E-state index contributed by atoms with van der Waals surface area (Å²) in [7, 11) is 1.65. The molecule has 0 bridgehead atoms. The van der Waals surface area contributed by atoms with Crippen molar-refractivity contribution in [3.05, 3.63) is 53.9 Å². The molecule has 1 aliphatic rings. The second-order valence-electron chi connectivity index (χ2n) is 5.98. The molecule has 0 saturated carbocycles. The third-order valence-corrected chi connectivity index (χ3v) is 4.18. The Morgan fingerprint density at radius 3 is 3.08 bits per heavy atom. The second kappa shape index (κ2) is 7.81. The number of aromatic nitrogens is 1. The highest BCUT2D eigenvalue weighted by Gasteiger charge is 2.20. The summed E-state index contributed by atoms with van der Waals surface area (Å²) in [6.07, 6.45) is 3.77. The lowest BCUT2D eigenvalue weighted by Crippen LogP contribution is -2.34. The standard InChI is InChI=1S/C19H22N2O3/c1-23-17-7-5-15-10-14(13-24-18(15)11-17)12-21-19(22)8-6-16-4-2-3-9-20-16/h2-5,7,9,11,14H,6,8,10,12-13H2,1H3,(H,21,22). The number of pyridine rings is 1. The first-order valence-electron chi connectivity index (χ1n) is 8.21. The van der Waals surface area contributed by atoms with Crippen LogP contribution in [0, 0.1) is 5.92 Å². The summed E-state index contributed by atoms with van der Waals surface area (Å²) in [5, 5.41) is 3.00. The molecule has 1 unspecified atom stereocenters. The number of fused-ring (bicyclic) bond motifs is 1. The number of ether oxygens (including phenoxy) is 2. The van der Waals surface area contributed by atoms with Gasteiger partial charge in [-0.15, -0.1) is 0 Å². The number of rotatable bonds is 6. The van der Waals surface area contributed by atoms with Crippen LogP contribution in [0.15, 0.2) is 42.6 Å². The first-order valence-corrected chi connectivity index (χ1v) is 8.21. The Balaban J connectivity index is 1.44. The molecule has 126 valence electrons. The summed E-state index contributed by atoms with van der Waals surface area (Å²) in [6, 6.07) is 11.6. The molecular weight excluding hydrogens is 304 g/mol. The van der Waals surface area contributed by atoms with Crippen LogP contribution < -0.4 is 14.8 Å². The molecule has 0 saturated heterocycles. The Hall–Kier alpha value is -2.56. The maximum Gasteiger partial charge on any atom is 0.220 e. The number of carbonyl (C=O) groups excluding carboxylic acids is 1. The smallest absolute Gasteiger partial charge is 0.220 e. The number of methoxy groups -OCH3 is 1. The summed E-state index contributed by atoms with van der Waals surface area (Å²) >= 11 is 0. The monoisotopic (exact) mass is 326 g/mol. The fraction of sp³-hybridized carbons (Fsp3) is 0.368. The molecule has 0 radical (unpaired) electrons. The van der Waals surface area contributed by atoms with E-state index in [0.29, 0.717) is 31.9 Å². The van der Waals surface area contributed by atoms with Crippen molar-refractivity contribution in [1.82, 2.24) is 10.3 Å². The van der Waals surface area contributed by atoms with Gasteiger partial charge in [0.15, 0.2) is 0 Å². The maximum atomic E-state index is 12.0. The normalized spacial score (nSPS) is 16.0. The predicted molar refractivity (Wildman–Crippen MR) is 91.3 cm³/mol. The van der Waals surface area contributed by atoms with Crippen LogP contribution >= 0.6 is 0 Å². The van der Waals surface area contributed by atoms with Gasteiger partial charge in [-0.1, -0.05) is 12.1 Å². The number of aryl methyl sites for hydroxylation is 1. The van der Waals surface area contributed by atoms with E-state index in [1.54, 1.807) is 13.3 Å². The molecule has 1 N–H and O–H groups in total. The van der Waals surface area contributed by atoms with E-state index in [9.17, 15) is 4.79 Å². The number of carbonyl (C=O) groups is 1. The minimum Gasteiger partial charge on any atom is -0.497 e. The highest BCUT2D eigenvalue weighted by Crippen LogP contribution is 2.30. The molecule has 0 fully saturated rings. The molecule has 5 nitrogen and oxygen atoms in total. The Morgan fingerprint density at radius 1 is 1.38 bits per heavy atom. The molecule has 2 aromatic rings. The van der Waals surface area contributed by atoms with Crippen molar-refractivity contribution in [3.8, 4) is 11.5 Å². The summed E-state index contributed by atoms with van der Waals surface area (Å²) in [6.45, 7) is 1.24. The minimum absolute atomic E-state index is 0.0566. The Bertz CT molecular complexity index is 688. The van der Waals surface area contributed by atoms with Gasteiger partial charge in [0.1, 0.15) is 11.5 Å². The van der Waals surface area contributed by atoms with Crippen LogP contribution in [0.25, 0.3) is 0 Å². The van der Waals surface area contributed by atoms with Crippen molar-refractivity contribution >= 4 is 5.91 Å². The minimum atomic E-state index is 0.0566. The van der Waals surface area contributed by atoms with Crippen molar-refractivity contribution in [1.29, 1.82) is 0 Å². The van der Waals surface area contributed by atoms with Crippen LogP contribution in [0.3, 0.4) is 0 Å². The molecule has 2 heterocycles. The van der Waals surface area contributed by atoms with Gasteiger partial charge < -0.3 is 14.8 Å². The number of hydrogen-bond acceptors (Lipinski definition) is 4. The fourth-order valence-corrected chi connectivity index (χ4v) is 2.81. The Kier molecular flexibility index (Phi) is 5.31. The molecule has 24 heavy (non-hydrogen) atoms. The Labute approximate surface area is 142 Å². The SMILES string of the molecule is COc1ccc2c(c1)OCC(CNC(=O)CCc1ccccn1)C2. The van der Waals surface area contributed by atoms with Crippen LogP contribution in [0.5, 0.6) is 11.5 Å². The maximum absolute atomic E-state index is 12.0. The Morgan fingerprint density at radius 2 is 2.29 bits per heavy atom. The van der Waals surface area contributed by atoms with E-state index in [4.69, 9.17) is 9.47 Å². The van der Waals surface area contributed by atoms with E-state index in [1.807, 2.05) is 36.4 Å². The summed E-state index contributed by atoms with van der Waals surface area (Å²) in [5.41, 5.74) is 2.10. The zero-order valence-corrected chi connectivity index (χ0v) is 13.8. The van der Waals surface area contributed by atoms with Crippen LogP contribution in [-0.4, -0.2) is 31.2 Å². The van der Waals surface area contributed by atoms with Crippen LogP contribution in [0.2, 0.25) is 0 Å². The third-order valence-electron chi connectivity index (χ3n) is 4.18. The summed E-state index contributed by atoms with van der Waals surface area (Å²) < 4.78 is 11.0. The first-order chi connectivity index (χ1) is 11.7. The van der Waals surface area contributed by atoms with E-state index >= 15 is 0 Å². The summed E-state index contributed by atoms with van der Waals surface area (Å²) in [4.78, 5) is 16.2. The van der Waals surface area contributed by atoms with Crippen molar-refractivity contribution in [2.45, 2.75) is 19.3 Å². The lowest BCUT2D eigenvalue weighted by atomic mass is 9.96. The second-order valence-corrected chi connectivity index (χ2v) is 5.98. The largest absolute Gasteiger partial charge is 0.497 e. The molecule has 1 aliphatic heterocycles. The molecule has 0 spiro atoms.